The summed E-state index contributed by atoms with van der Waals surface area (Å²) in [5, 5.41) is 0. The van der Waals surface area contributed by atoms with Crippen molar-refractivity contribution in [1.82, 2.24) is 9.80 Å². The third-order valence-electron chi connectivity index (χ3n) is 5.29. The Hall–Kier alpha value is -2.70. The highest BCUT2D eigenvalue weighted by Crippen LogP contribution is 2.24. The standard InChI is InChI=1S/C21H26N2O5/c1-3-28-21(27)15-6-4-10-22(13-15)18(24)7-5-11-23-19(25)16-9-8-14(2)12-17(16)20(23)26/h8-9,12,15H,3-7,10-11,13H2,1-2H3/t15-/m0/s1. The first kappa shape index (κ1) is 20.0. The summed E-state index contributed by atoms with van der Waals surface area (Å²) in [5.41, 5.74) is 1.79. The van der Waals surface area contributed by atoms with Crippen LogP contribution in [0.1, 0.15) is 58.9 Å². The maximum atomic E-state index is 12.5. The smallest absolute Gasteiger partial charge is 0.310 e. The van der Waals surface area contributed by atoms with Crippen molar-refractivity contribution in [3.8, 4) is 0 Å². The molecule has 1 fully saturated rings. The Morgan fingerprint density at radius 1 is 1.18 bits per heavy atom. The van der Waals surface area contributed by atoms with Gasteiger partial charge in [0.2, 0.25) is 5.91 Å². The Bertz CT molecular complexity index is 804. The van der Waals surface area contributed by atoms with Gasteiger partial charge in [0.15, 0.2) is 0 Å². The fraction of sp³-hybridized carbons (Fsp3) is 0.524. The molecule has 7 nitrogen and oxygen atoms in total. The van der Waals surface area contributed by atoms with Crippen molar-refractivity contribution >= 4 is 23.7 Å². The lowest BCUT2D eigenvalue weighted by molar-refractivity contribution is -0.151. The lowest BCUT2D eigenvalue weighted by atomic mass is 9.98. The molecule has 3 rings (SSSR count). The molecular formula is C21H26N2O5. The molecule has 150 valence electrons. The summed E-state index contributed by atoms with van der Waals surface area (Å²) in [4.78, 5) is 52.2. The predicted molar refractivity (Wildman–Crippen MR) is 102 cm³/mol. The van der Waals surface area contributed by atoms with Crippen LogP contribution < -0.4 is 0 Å². The first-order valence-corrected chi connectivity index (χ1v) is 9.83. The number of amides is 3. The van der Waals surface area contributed by atoms with Gasteiger partial charge in [0, 0.05) is 26.1 Å². The molecule has 1 saturated heterocycles. The van der Waals surface area contributed by atoms with Crippen molar-refractivity contribution in [1.29, 1.82) is 0 Å². The van der Waals surface area contributed by atoms with Gasteiger partial charge in [-0.05, 0) is 45.2 Å². The average molecular weight is 386 g/mol. The van der Waals surface area contributed by atoms with E-state index in [1.807, 2.05) is 13.0 Å². The molecule has 2 aliphatic rings. The molecule has 1 aromatic carbocycles. The fourth-order valence-electron chi connectivity index (χ4n) is 3.81. The third kappa shape index (κ3) is 4.08. The van der Waals surface area contributed by atoms with E-state index in [2.05, 4.69) is 0 Å². The van der Waals surface area contributed by atoms with Crippen molar-refractivity contribution in [2.24, 2.45) is 5.92 Å². The largest absolute Gasteiger partial charge is 0.466 e. The molecule has 3 amide bonds. The van der Waals surface area contributed by atoms with Crippen LogP contribution >= 0.6 is 0 Å². The third-order valence-corrected chi connectivity index (χ3v) is 5.29. The molecule has 28 heavy (non-hydrogen) atoms. The van der Waals surface area contributed by atoms with Crippen molar-refractivity contribution in [3.05, 3.63) is 34.9 Å². The van der Waals surface area contributed by atoms with Gasteiger partial charge >= 0.3 is 5.97 Å². The number of hydrogen-bond acceptors (Lipinski definition) is 5. The molecule has 0 saturated carbocycles. The number of imide groups is 1. The zero-order valence-electron chi connectivity index (χ0n) is 16.4. The van der Waals surface area contributed by atoms with E-state index in [4.69, 9.17) is 4.74 Å². The summed E-state index contributed by atoms with van der Waals surface area (Å²) < 4.78 is 5.06. The molecule has 0 aromatic heterocycles. The Kier molecular flexibility index (Phi) is 6.11. The van der Waals surface area contributed by atoms with Crippen molar-refractivity contribution < 1.29 is 23.9 Å². The first-order chi connectivity index (χ1) is 13.4. The molecule has 1 aromatic rings. The maximum absolute atomic E-state index is 12.5. The van der Waals surface area contributed by atoms with Gasteiger partial charge in [-0.25, -0.2) is 0 Å². The van der Waals surface area contributed by atoms with Gasteiger partial charge in [-0.2, -0.15) is 0 Å². The fourth-order valence-corrected chi connectivity index (χ4v) is 3.81. The SMILES string of the molecule is CCOC(=O)[C@H]1CCCN(C(=O)CCCN2C(=O)c3ccc(C)cc3C2=O)C1. The van der Waals surface area contributed by atoms with Crippen LogP contribution in [-0.4, -0.2) is 59.7 Å². The van der Waals surface area contributed by atoms with Crippen LogP contribution in [0.15, 0.2) is 18.2 Å². The van der Waals surface area contributed by atoms with Gasteiger partial charge < -0.3 is 9.64 Å². The summed E-state index contributed by atoms with van der Waals surface area (Å²) in [7, 11) is 0. The van der Waals surface area contributed by atoms with E-state index in [1.165, 1.54) is 4.90 Å². The second-order valence-electron chi connectivity index (χ2n) is 7.35. The topological polar surface area (TPSA) is 84.0 Å². The molecule has 0 radical (unpaired) electrons. The summed E-state index contributed by atoms with van der Waals surface area (Å²) in [6.07, 6.45) is 2.15. The number of aryl methyl sites for hydroxylation is 1. The highest BCUT2D eigenvalue weighted by Gasteiger charge is 2.35. The van der Waals surface area contributed by atoms with Crippen LogP contribution in [0.4, 0.5) is 0 Å². The maximum Gasteiger partial charge on any atom is 0.310 e. The Morgan fingerprint density at radius 2 is 1.93 bits per heavy atom. The van der Waals surface area contributed by atoms with Crippen LogP contribution in [-0.2, 0) is 14.3 Å². The molecule has 0 unspecified atom stereocenters. The number of carbonyl (C=O) groups excluding carboxylic acids is 4. The Morgan fingerprint density at radius 3 is 2.68 bits per heavy atom. The normalized spacial score (nSPS) is 19.0. The number of ether oxygens (including phenoxy) is 1. The monoisotopic (exact) mass is 386 g/mol. The second kappa shape index (κ2) is 8.54. The summed E-state index contributed by atoms with van der Waals surface area (Å²) in [5.74, 6) is -1.16. The minimum absolute atomic E-state index is 0.0542. The number of hydrogen-bond donors (Lipinski definition) is 0. The van der Waals surface area contributed by atoms with Crippen LogP contribution in [0.2, 0.25) is 0 Å². The van der Waals surface area contributed by atoms with Crippen LogP contribution in [0.5, 0.6) is 0 Å². The van der Waals surface area contributed by atoms with Crippen molar-refractivity contribution in [3.63, 3.8) is 0 Å². The Balaban J connectivity index is 1.51. The zero-order chi connectivity index (χ0) is 20.3. The highest BCUT2D eigenvalue weighted by molar-refractivity contribution is 6.21. The number of likely N-dealkylation sites (tertiary alicyclic amines) is 1. The minimum Gasteiger partial charge on any atom is -0.466 e. The van der Waals surface area contributed by atoms with Crippen molar-refractivity contribution in [2.75, 3.05) is 26.2 Å². The first-order valence-electron chi connectivity index (χ1n) is 9.83. The van der Waals surface area contributed by atoms with Gasteiger partial charge in [0.05, 0.1) is 23.7 Å². The van der Waals surface area contributed by atoms with E-state index in [-0.39, 0.29) is 42.6 Å². The number of benzene rings is 1. The highest BCUT2D eigenvalue weighted by atomic mass is 16.5. The summed E-state index contributed by atoms with van der Waals surface area (Å²) >= 11 is 0. The predicted octanol–water partition coefficient (Wildman–Crippen LogP) is 2.17. The lowest BCUT2D eigenvalue weighted by Gasteiger charge is -2.31. The van der Waals surface area contributed by atoms with E-state index in [0.29, 0.717) is 37.2 Å². The van der Waals surface area contributed by atoms with E-state index in [1.54, 1.807) is 24.0 Å². The zero-order valence-corrected chi connectivity index (χ0v) is 16.4. The Labute approximate surface area is 164 Å². The molecular weight excluding hydrogens is 360 g/mol. The molecule has 7 heteroatoms. The quantitative estimate of drug-likeness (QED) is 0.553. The molecule has 0 aliphatic carbocycles. The van der Waals surface area contributed by atoms with E-state index >= 15 is 0 Å². The lowest BCUT2D eigenvalue weighted by Crippen LogP contribution is -2.43. The van der Waals surface area contributed by atoms with Crippen LogP contribution in [0, 0.1) is 12.8 Å². The van der Waals surface area contributed by atoms with Gasteiger partial charge in [-0.15, -0.1) is 0 Å². The molecule has 0 bridgehead atoms. The number of fused-ring (bicyclic) bond motifs is 1. The van der Waals surface area contributed by atoms with E-state index < -0.39 is 0 Å². The van der Waals surface area contributed by atoms with Crippen LogP contribution in [0.25, 0.3) is 0 Å². The minimum atomic E-state index is -0.298. The molecule has 0 N–H and O–H groups in total. The molecule has 0 spiro atoms. The summed E-state index contributed by atoms with van der Waals surface area (Å²) in [6.45, 7) is 5.20. The van der Waals surface area contributed by atoms with Crippen molar-refractivity contribution in [2.45, 2.75) is 39.5 Å². The van der Waals surface area contributed by atoms with E-state index in [9.17, 15) is 19.2 Å². The number of carbonyl (C=O) groups is 4. The molecule has 2 heterocycles. The van der Waals surface area contributed by atoms with E-state index in [0.717, 1.165) is 18.4 Å². The van der Waals surface area contributed by atoms with Crippen LogP contribution in [0.3, 0.4) is 0 Å². The number of nitrogens with zero attached hydrogens (tertiary/aromatic N) is 2. The summed E-state index contributed by atoms with van der Waals surface area (Å²) in [6, 6.07) is 5.22. The number of rotatable bonds is 6. The second-order valence-corrected chi connectivity index (χ2v) is 7.35. The van der Waals surface area contributed by atoms with Gasteiger partial charge in [0.25, 0.3) is 11.8 Å². The molecule has 1 atom stereocenters. The van der Waals surface area contributed by atoms with Gasteiger partial charge in [-0.1, -0.05) is 11.6 Å². The van der Waals surface area contributed by atoms with Gasteiger partial charge in [-0.3, -0.25) is 24.1 Å². The molecule has 2 aliphatic heterocycles. The average Bonchev–Trinajstić information content (AvgIpc) is 2.92. The number of esters is 1. The van der Waals surface area contributed by atoms with Gasteiger partial charge in [0.1, 0.15) is 0 Å². The number of piperidine rings is 1.